The Kier molecular flexibility index (Phi) is 10.5. The van der Waals surface area contributed by atoms with Gasteiger partial charge in [0.05, 0.1) is 18.0 Å². The zero-order chi connectivity index (χ0) is 30.7. The minimum atomic E-state index is -0.857. The second-order valence-electron chi connectivity index (χ2n) is 10.6. The number of carbonyl (C=O) groups excluding carboxylic acids is 2. The summed E-state index contributed by atoms with van der Waals surface area (Å²) >= 11 is 0. The Bertz CT molecular complexity index is 1570. The second kappa shape index (κ2) is 15.1. The molecule has 8 heteroatoms. The SMILES string of the molecule is CCCCOCCOc1ccc(-c2ccc3c(c2)C=C(C(=O)Nc2ccc([C@@H](O)c4ccccn4)cc2)CCN3C=O)cc1. The summed E-state index contributed by atoms with van der Waals surface area (Å²) in [4.78, 5) is 31.1. The number of nitrogens with one attached hydrogen (secondary N) is 1. The predicted octanol–water partition coefficient (Wildman–Crippen LogP) is 6.41. The Hall–Kier alpha value is -4.79. The lowest BCUT2D eigenvalue weighted by Gasteiger charge is -2.18. The maximum Gasteiger partial charge on any atom is 0.251 e. The number of pyridine rings is 1. The first-order valence-electron chi connectivity index (χ1n) is 14.9. The molecule has 1 aliphatic heterocycles. The van der Waals surface area contributed by atoms with Crippen LogP contribution >= 0.6 is 0 Å². The number of nitrogens with zero attached hydrogens (tertiary/aromatic N) is 2. The standard InChI is InChI=1S/C36H37N3O5/c1-2-3-20-43-21-22-44-32-14-9-26(10-15-32)28-11-16-34-30(23-28)24-29(17-19-39(34)25-40)36(42)38-31-12-7-27(8-13-31)35(41)33-6-4-5-18-37-33/h4-16,18,23-25,35,41H,2-3,17,19-22H2,1H3,(H,38,42)/t35-/m1/s1. The number of amides is 2. The average molecular weight is 592 g/mol. The van der Waals surface area contributed by atoms with E-state index in [9.17, 15) is 14.7 Å². The molecule has 0 saturated carbocycles. The molecule has 5 rings (SSSR count). The van der Waals surface area contributed by atoms with Gasteiger partial charge in [0.25, 0.3) is 5.91 Å². The van der Waals surface area contributed by atoms with Gasteiger partial charge in [-0.15, -0.1) is 0 Å². The zero-order valence-electron chi connectivity index (χ0n) is 24.8. The predicted molar refractivity (Wildman–Crippen MR) is 172 cm³/mol. The highest BCUT2D eigenvalue weighted by Gasteiger charge is 2.20. The van der Waals surface area contributed by atoms with Gasteiger partial charge in [-0.05, 0) is 89.7 Å². The Morgan fingerprint density at radius 1 is 1.00 bits per heavy atom. The summed E-state index contributed by atoms with van der Waals surface area (Å²) in [5.41, 5.74) is 5.90. The van der Waals surface area contributed by atoms with E-state index in [1.54, 1.807) is 47.5 Å². The Balaban J connectivity index is 1.28. The first-order valence-corrected chi connectivity index (χ1v) is 14.9. The molecule has 0 radical (unpaired) electrons. The number of aliphatic hydroxyl groups excluding tert-OH is 1. The summed E-state index contributed by atoms with van der Waals surface area (Å²) in [5.74, 6) is 0.528. The van der Waals surface area contributed by atoms with Crippen LogP contribution in [0.15, 0.2) is 96.7 Å². The largest absolute Gasteiger partial charge is 0.491 e. The number of unbranched alkanes of at least 4 members (excludes halogenated alkanes) is 1. The van der Waals surface area contributed by atoms with Crippen molar-refractivity contribution in [3.63, 3.8) is 0 Å². The molecule has 0 aliphatic carbocycles. The molecule has 2 heterocycles. The van der Waals surface area contributed by atoms with E-state index in [1.165, 1.54) is 0 Å². The van der Waals surface area contributed by atoms with Crippen LogP contribution in [0.5, 0.6) is 5.75 Å². The molecule has 0 saturated heterocycles. The summed E-state index contributed by atoms with van der Waals surface area (Å²) in [6, 6.07) is 26.2. The number of aromatic nitrogens is 1. The fraction of sp³-hybridized carbons (Fsp3) is 0.250. The maximum atomic E-state index is 13.3. The second-order valence-corrected chi connectivity index (χ2v) is 10.6. The van der Waals surface area contributed by atoms with Gasteiger partial charge in [0.2, 0.25) is 6.41 Å². The van der Waals surface area contributed by atoms with Gasteiger partial charge >= 0.3 is 0 Å². The third-order valence-corrected chi connectivity index (χ3v) is 7.49. The van der Waals surface area contributed by atoms with Crippen LogP contribution in [-0.4, -0.2) is 48.8 Å². The topological polar surface area (TPSA) is 101 Å². The van der Waals surface area contributed by atoms with Crippen molar-refractivity contribution in [2.75, 3.05) is 36.6 Å². The molecule has 2 N–H and O–H groups in total. The third kappa shape index (κ3) is 7.78. The number of hydrogen-bond donors (Lipinski definition) is 2. The van der Waals surface area contributed by atoms with Gasteiger partial charge in [0, 0.05) is 30.6 Å². The fourth-order valence-electron chi connectivity index (χ4n) is 5.00. The molecule has 44 heavy (non-hydrogen) atoms. The molecular weight excluding hydrogens is 554 g/mol. The molecule has 0 spiro atoms. The summed E-state index contributed by atoms with van der Waals surface area (Å²) in [7, 11) is 0. The van der Waals surface area contributed by atoms with Crippen molar-refractivity contribution in [3.8, 4) is 16.9 Å². The molecule has 1 aliphatic rings. The lowest BCUT2D eigenvalue weighted by atomic mass is 10.00. The molecule has 3 aromatic carbocycles. The highest BCUT2D eigenvalue weighted by molar-refractivity contribution is 6.08. The van der Waals surface area contributed by atoms with Crippen LogP contribution in [0.25, 0.3) is 17.2 Å². The number of rotatable bonds is 13. The first kappa shape index (κ1) is 30.7. The van der Waals surface area contributed by atoms with Crippen molar-refractivity contribution >= 4 is 29.8 Å². The molecule has 2 amide bonds. The van der Waals surface area contributed by atoms with Crippen molar-refractivity contribution in [1.82, 2.24) is 4.98 Å². The minimum absolute atomic E-state index is 0.243. The molecule has 0 fully saturated rings. The van der Waals surface area contributed by atoms with Crippen molar-refractivity contribution in [1.29, 1.82) is 0 Å². The summed E-state index contributed by atoms with van der Waals surface area (Å²) in [5, 5.41) is 13.6. The molecule has 4 aromatic rings. The van der Waals surface area contributed by atoms with Crippen LogP contribution in [0.3, 0.4) is 0 Å². The van der Waals surface area contributed by atoms with Crippen LogP contribution in [-0.2, 0) is 14.3 Å². The van der Waals surface area contributed by atoms with Crippen LogP contribution in [0.1, 0.15) is 49.1 Å². The number of benzene rings is 3. The minimum Gasteiger partial charge on any atom is -0.491 e. The third-order valence-electron chi connectivity index (χ3n) is 7.49. The number of anilines is 2. The van der Waals surface area contributed by atoms with E-state index in [0.717, 1.165) is 54.0 Å². The maximum absolute atomic E-state index is 13.3. The van der Waals surface area contributed by atoms with Gasteiger partial charge in [-0.25, -0.2) is 0 Å². The molecule has 0 unspecified atom stereocenters. The van der Waals surface area contributed by atoms with Gasteiger partial charge in [0.15, 0.2) is 0 Å². The number of aliphatic hydroxyl groups is 1. The van der Waals surface area contributed by atoms with E-state index < -0.39 is 6.10 Å². The Morgan fingerprint density at radius 2 is 1.80 bits per heavy atom. The van der Waals surface area contributed by atoms with E-state index >= 15 is 0 Å². The summed E-state index contributed by atoms with van der Waals surface area (Å²) in [6.07, 6.45) is 6.00. The highest BCUT2D eigenvalue weighted by atomic mass is 16.5. The van der Waals surface area contributed by atoms with Crippen LogP contribution in [0, 0.1) is 0 Å². The van der Waals surface area contributed by atoms with Crippen molar-refractivity contribution in [2.45, 2.75) is 32.3 Å². The van der Waals surface area contributed by atoms with Crippen molar-refractivity contribution in [2.24, 2.45) is 0 Å². The monoisotopic (exact) mass is 591 g/mol. The Morgan fingerprint density at radius 3 is 2.52 bits per heavy atom. The highest BCUT2D eigenvalue weighted by Crippen LogP contribution is 2.33. The van der Waals surface area contributed by atoms with Crippen LogP contribution in [0.2, 0.25) is 0 Å². The smallest absolute Gasteiger partial charge is 0.251 e. The number of carbonyl (C=O) groups is 2. The average Bonchev–Trinajstić information content (AvgIpc) is 3.26. The van der Waals surface area contributed by atoms with E-state index in [4.69, 9.17) is 9.47 Å². The quantitative estimate of drug-likeness (QED) is 0.138. The Labute approximate surface area is 258 Å². The normalized spacial score (nSPS) is 13.3. The molecule has 1 aromatic heterocycles. The van der Waals surface area contributed by atoms with Gasteiger partial charge in [-0.1, -0.05) is 49.7 Å². The number of fused-ring (bicyclic) bond motifs is 1. The van der Waals surface area contributed by atoms with Gasteiger partial charge in [-0.2, -0.15) is 0 Å². The van der Waals surface area contributed by atoms with Crippen molar-refractivity contribution in [3.05, 3.63) is 114 Å². The molecule has 8 nitrogen and oxygen atoms in total. The van der Waals surface area contributed by atoms with Gasteiger partial charge in [0.1, 0.15) is 18.5 Å². The molecule has 1 atom stereocenters. The number of hydrogen-bond acceptors (Lipinski definition) is 6. The lowest BCUT2D eigenvalue weighted by molar-refractivity contribution is -0.113. The van der Waals surface area contributed by atoms with E-state index in [1.807, 2.05) is 54.6 Å². The number of ether oxygens (including phenoxy) is 2. The van der Waals surface area contributed by atoms with E-state index in [2.05, 4.69) is 17.2 Å². The van der Waals surface area contributed by atoms with Crippen molar-refractivity contribution < 1.29 is 24.2 Å². The molecule has 226 valence electrons. The first-order chi connectivity index (χ1) is 21.6. The van der Waals surface area contributed by atoms with Crippen LogP contribution < -0.4 is 15.0 Å². The fourth-order valence-corrected chi connectivity index (χ4v) is 5.00. The summed E-state index contributed by atoms with van der Waals surface area (Å²) in [6.45, 7) is 4.33. The zero-order valence-corrected chi connectivity index (χ0v) is 24.8. The van der Waals surface area contributed by atoms with Crippen LogP contribution in [0.4, 0.5) is 11.4 Å². The molecule has 0 bridgehead atoms. The van der Waals surface area contributed by atoms with E-state index in [0.29, 0.717) is 48.7 Å². The molecular formula is C36H37N3O5. The van der Waals surface area contributed by atoms with Gasteiger partial charge < -0.3 is 24.8 Å². The lowest BCUT2D eigenvalue weighted by Crippen LogP contribution is -2.23. The van der Waals surface area contributed by atoms with E-state index in [-0.39, 0.29) is 5.91 Å². The summed E-state index contributed by atoms with van der Waals surface area (Å²) < 4.78 is 11.4. The van der Waals surface area contributed by atoms with Gasteiger partial charge in [-0.3, -0.25) is 14.6 Å².